The quantitative estimate of drug-likeness (QED) is 0.701. The minimum absolute atomic E-state index is 0.849. The van der Waals surface area contributed by atoms with Crippen molar-refractivity contribution in [1.29, 1.82) is 0 Å². The van der Waals surface area contributed by atoms with Gasteiger partial charge in [-0.3, -0.25) is 0 Å². The number of aryl methyl sites for hydroxylation is 2. The van der Waals surface area contributed by atoms with Gasteiger partial charge in [0.1, 0.15) is 11.3 Å². The van der Waals surface area contributed by atoms with Gasteiger partial charge in [0.25, 0.3) is 0 Å². The molecule has 0 spiro atoms. The zero-order chi connectivity index (χ0) is 11.7. The predicted molar refractivity (Wildman–Crippen MR) is 70.5 cm³/mol. The Morgan fingerprint density at radius 1 is 1.25 bits per heavy atom. The summed E-state index contributed by atoms with van der Waals surface area (Å²) < 4.78 is 5.77. The Morgan fingerprint density at radius 2 is 2.00 bits per heavy atom. The number of hydrogen-bond donors (Lipinski definition) is 0. The number of fused-ring (bicyclic) bond motifs is 1. The van der Waals surface area contributed by atoms with E-state index in [1.165, 1.54) is 16.5 Å². The van der Waals surface area contributed by atoms with Gasteiger partial charge in [-0.15, -0.1) is 0 Å². The zero-order valence-electron chi connectivity index (χ0n) is 10.0. The Hall–Kier alpha value is -1.76. The summed E-state index contributed by atoms with van der Waals surface area (Å²) in [5.41, 5.74) is 4.64. The number of benzene rings is 1. The maximum Gasteiger partial charge on any atom is 0.135 e. The van der Waals surface area contributed by atoms with E-state index < -0.39 is 0 Å². The molecule has 1 heterocycles. The van der Waals surface area contributed by atoms with Crippen LogP contribution in [0.5, 0.6) is 0 Å². The Morgan fingerprint density at radius 3 is 2.62 bits per heavy atom. The van der Waals surface area contributed by atoms with Crippen LogP contribution in [0.4, 0.5) is 0 Å². The summed E-state index contributed by atoms with van der Waals surface area (Å²) in [6, 6.07) is 4.12. The summed E-state index contributed by atoms with van der Waals surface area (Å²) in [5.74, 6) is 0.849. The van der Waals surface area contributed by atoms with Crippen molar-refractivity contribution < 1.29 is 4.42 Å². The smallest absolute Gasteiger partial charge is 0.135 e. The van der Waals surface area contributed by atoms with E-state index in [9.17, 15) is 0 Å². The van der Waals surface area contributed by atoms with Gasteiger partial charge >= 0.3 is 0 Å². The lowest BCUT2D eigenvalue weighted by molar-refractivity contribution is 0.603. The van der Waals surface area contributed by atoms with Gasteiger partial charge in [0.05, 0.1) is 0 Å². The maximum atomic E-state index is 5.77. The Kier molecular flexibility index (Phi) is 2.69. The lowest BCUT2D eigenvalue weighted by atomic mass is 10.0. The van der Waals surface area contributed by atoms with Crippen LogP contribution in [0.1, 0.15) is 29.4 Å². The molecular weight excluding hydrogens is 196 g/mol. The third-order valence-electron chi connectivity index (χ3n) is 2.97. The molecule has 0 radical (unpaired) electrons. The molecule has 1 heteroatoms. The fourth-order valence-corrected chi connectivity index (χ4v) is 1.99. The first-order valence-electron chi connectivity index (χ1n) is 5.47. The molecule has 1 aromatic carbocycles. The molecule has 0 bridgehead atoms. The summed E-state index contributed by atoms with van der Waals surface area (Å²) in [5, 5.41) is 1.20. The van der Waals surface area contributed by atoms with E-state index in [4.69, 9.17) is 4.42 Å². The van der Waals surface area contributed by atoms with Crippen LogP contribution in [0.25, 0.3) is 23.1 Å². The lowest BCUT2D eigenvalue weighted by Gasteiger charge is -2.01. The average Bonchev–Trinajstić information content (AvgIpc) is 2.63. The normalized spacial score (nSPS) is 11.4. The largest absolute Gasteiger partial charge is 0.456 e. The maximum absolute atomic E-state index is 5.77. The minimum Gasteiger partial charge on any atom is -0.456 e. The molecule has 2 rings (SSSR count). The molecule has 0 saturated carbocycles. The van der Waals surface area contributed by atoms with Crippen molar-refractivity contribution in [3.63, 3.8) is 0 Å². The van der Waals surface area contributed by atoms with Gasteiger partial charge in [-0.1, -0.05) is 24.8 Å². The van der Waals surface area contributed by atoms with Crippen LogP contribution in [-0.2, 0) is 0 Å². The SMILES string of the molecule is C=Cc1oc2ccc(C)c(C)c2c1/C=C\C. The molecule has 0 aliphatic heterocycles. The molecule has 16 heavy (non-hydrogen) atoms. The fourth-order valence-electron chi connectivity index (χ4n) is 1.99. The van der Waals surface area contributed by atoms with Crippen LogP contribution in [-0.4, -0.2) is 0 Å². The van der Waals surface area contributed by atoms with Crippen molar-refractivity contribution in [3.8, 4) is 0 Å². The molecule has 1 aromatic heterocycles. The minimum atomic E-state index is 0.849. The molecule has 0 atom stereocenters. The molecule has 82 valence electrons. The highest BCUT2D eigenvalue weighted by Crippen LogP contribution is 2.32. The summed E-state index contributed by atoms with van der Waals surface area (Å²) in [6.07, 6.45) is 5.87. The molecular formula is C15H16O. The van der Waals surface area contributed by atoms with Gasteiger partial charge in [0.15, 0.2) is 0 Å². The van der Waals surface area contributed by atoms with Gasteiger partial charge in [-0.25, -0.2) is 0 Å². The first kappa shape index (κ1) is 10.7. The van der Waals surface area contributed by atoms with Gasteiger partial charge in [-0.05, 0) is 44.0 Å². The number of hydrogen-bond acceptors (Lipinski definition) is 1. The number of allylic oxidation sites excluding steroid dienone is 1. The van der Waals surface area contributed by atoms with Crippen molar-refractivity contribution in [2.75, 3.05) is 0 Å². The Labute approximate surface area is 96.1 Å². The number of furan rings is 1. The molecule has 0 fully saturated rings. The summed E-state index contributed by atoms with van der Waals surface area (Å²) in [7, 11) is 0. The highest BCUT2D eigenvalue weighted by atomic mass is 16.3. The second kappa shape index (κ2) is 4.01. The summed E-state index contributed by atoms with van der Waals surface area (Å²) >= 11 is 0. The van der Waals surface area contributed by atoms with Crippen LogP contribution in [0.3, 0.4) is 0 Å². The van der Waals surface area contributed by atoms with Crippen molar-refractivity contribution in [3.05, 3.63) is 47.2 Å². The first-order chi connectivity index (χ1) is 7.69. The van der Waals surface area contributed by atoms with Gasteiger partial charge < -0.3 is 4.42 Å². The average molecular weight is 212 g/mol. The van der Waals surface area contributed by atoms with E-state index in [0.717, 1.165) is 16.9 Å². The molecule has 0 amide bonds. The van der Waals surface area contributed by atoms with E-state index in [-0.39, 0.29) is 0 Å². The van der Waals surface area contributed by atoms with Crippen LogP contribution in [0, 0.1) is 13.8 Å². The van der Waals surface area contributed by atoms with Gasteiger partial charge in [-0.2, -0.15) is 0 Å². The third kappa shape index (κ3) is 1.49. The van der Waals surface area contributed by atoms with Crippen LogP contribution in [0.15, 0.2) is 29.2 Å². The Balaban J connectivity index is 2.91. The number of rotatable bonds is 2. The highest BCUT2D eigenvalue weighted by molar-refractivity contribution is 5.94. The topological polar surface area (TPSA) is 13.1 Å². The van der Waals surface area contributed by atoms with Crippen molar-refractivity contribution >= 4 is 23.1 Å². The lowest BCUT2D eigenvalue weighted by Crippen LogP contribution is -1.82. The molecule has 0 aliphatic rings. The fraction of sp³-hybridized carbons (Fsp3) is 0.200. The monoisotopic (exact) mass is 212 g/mol. The predicted octanol–water partition coefficient (Wildman–Crippen LogP) is 4.73. The molecule has 0 unspecified atom stereocenters. The molecule has 0 saturated heterocycles. The van der Waals surface area contributed by atoms with Crippen LogP contribution < -0.4 is 0 Å². The Bertz CT molecular complexity index is 571. The second-order valence-electron chi connectivity index (χ2n) is 3.96. The van der Waals surface area contributed by atoms with Crippen LogP contribution in [0.2, 0.25) is 0 Å². The van der Waals surface area contributed by atoms with Crippen molar-refractivity contribution in [1.82, 2.24) is 0 Å². The van der Waals surface area contributed by atoms with Crippen molar-refractivity contribution in [2.45, 2.75) is 20.8 Å². The molecule has 0 N–H and O–H groups in total. The second-order valence-corrected chi connectivity index (χ2v) is 3.96. The molecule has 0 aliphatic carbocycles. The first-order valence-corrected chi connectivity index (χ1v) is 5.47. The molecule has 1 nitrogen and oxygen atoms in total. The standard InChI is InChI=1S/C15H16O/c1-5-7-12-13(6-2)16-14-9-8-10(3)11(4)15(12)14/h5-9H,2H2,1,3-4H3/b7-5-. The van der Waals surface area contributed by atoms with Crippen molar-refractivity contribution in [2.24, 2.45) is 0 Å². The highest BCUT2D eigenvalue weighted by Gasteiger charge is 2.12. The molecule has 2 aromatic rings. The summed E-state index contributed by atoms with van der Waals surface area (Å²) in [4.78, 5) is 0. The van der Waals surface area contributed by atoms with E-state index in [0.29, 0.717) is 0 Å². The summed E-state index contributed by atoms with van der Waals surface area (Å²) in [6.45, 7) is 10.1. The van der Waals surface area contributed by atoms with E-state index in [1.807, 2.05) is 19.1 Å². The van der Waals surface area contributed by atoms with E-state index >= 15 is 0 Å². The van der Waals surface area contributed by atoms with Gasteiger partial charge in [0, 0.05) is 10.9 Å². The van der Waals surface area contributed by atoms with Crippen LogP contribution >= 0.6 is 0 Å². The third-order valence-corrected chi connectivity index (χ3v) is 2.97. The van der Waals surface area contributed by atoms with E-state index in [1.54, 1.807) is 6.08 Å². The van der Waals surface area contributed by atoms with Gasteiger partial charge in [0.2, 0.25) is 0 Å². The zero-order valence-corrected chi connectivity index (χ0v) is 10.0. The van der Waals surface area contributed by atoms with E-state index in [2.05, 4.69) is 32.6 Å².